The molecular formula is C20H14ClN3O. The molecule has 4 aromatic rings. The van der Waals surface area contributed by atoms with Crippen molar-refractivity contribution in [3.8, 4) is 5.69 Å². The van der Waals surface area contributed by atoms with Gasteiger partial charge < -0.3 is 0 Å². The van der Waals surface area contributed by atoms with Crippen molar-refractivity contribution in [1.29, 1.82) is 0 Å². The van der Waals surface area contributed by atoms with Crippen molar-refractivity contribution < 1.29 is 0 Å². The zero-order chi connectivity index (χ0) is 17.2. The third kappa shape index (κ3) is 3.04. The number of aromatic nitrogens is 3. The van der Waals surface area contributed by atoms with Crippen LogP contribution >= 0.6 is 11.6 Å². The molecule has 0 saturated carbocycles. The molecule has 0 atom stereocenters. The summed E-state index contributed by atoms with van der Waals surface area (Å²) in [5.41, 5.74) is 2.74. The molecule has 122 valence electrons. The Kier molecular flexibility index (Phi) is 4.04. The number of hydrogen-bond donors (Lipinski definition) is 0. The Bertz CT molecular complexity index is 1090. The summed E-state index contributed by atoms with van der Waals surface area (Å²) in [7, 11) is 0. The predicted molar refractivity (Wildman–Crippen MR) is 99.4 cm³/mol. The molecule has 0 radical (unpaired) electrons. The molecule has 4 rings (SSSR count). The van der Waals surface area contributed by atoms with Gasteiger partial charge in [-0.3, -0.25) is 9.55 Å². The smallest absolute Gasteiger partial charge is 0.261 e. The van der Waals surface area contributed by atoms with Crippen LogP contribution in [0.25, 0.3) is 16.6 Å². The maximum Gasteiger partial charge on any atom is 0.352 e. The van der Waals surface area contributed by atoms with Crippen LogP contribution in [0.2, 0.25) is 5.02 Å². The van der Waals surface area contributed by atoms with Crippen molar-refractivity contribution in [3.05, 3.63) is 99.8 Å². The van der Waals surface area contributed by atoms with Gasteiger partial charge in [-0.25, -0.2) is 4.79 Å². The minimum Gasteiger partial charge on any atom is -0.261 e. The normalized spacial score (nSPS) is 10.9. The summed E-state index contributed by atoms with van der Waals surface area (Å²) in [6.07, 6.45) is 2.23. The van der Waals surface area contributed by atoms with Gasteiger partial charge in [0.05, 0.1) is 16.9 Å². The molecule has 2 aromatic carbocycles. The Labute approximate surface area is 149 Å². The molecule has 0 spiro atoms. The monoisotopic (exact) mass is 347 g/mol. The molecule has 0 amide bonds. The summed E-state index contributed by atoms with van der Waals surface area (Å²) in [5, 5.41) is 1.46. The molecule has 0 N–H and O–H groups in total. The van der Waals surface area contributed by atoms with Gasteiger partial charge in [0.15, 0.2) is 0 Å². The fourth-order valence-corrected chi connectivity index (χ4v) is 3.06. The average Bonchev–Trinajstić information content (AvgIpc) is 2.63. The molecular weight excluding hydrogens is 334 g/mol. The highest BCUT2D eigenvalue weighted by Crippen LogP contribution is 2.23. The van der Waals surface area contributed by atoms with Crippen molar-refractivity contribution in [1.82, 2.24) is 14.5 Å². The van der Waals surface area contributed by atoms with Crippen molar-refractivity contribution in [2.45, 2.75) is 6.42 Å². The van der Waals surface area contributed by atoms with Gasteiger partial charge in [0.2, 0.25) is 0 Å². The van der Waals surface area contributed by atoms with Crippen LogP contribution in [0.3, 0.4) is 0 Å². The van der Waals surface area contributed by atoms with E-state index in [4.69, 9.17) is 11.6 Å². The first-order valence-corrected chi connectivity index (χ1v) is 8.27. The highest BCUT2D eigenvalue weighted by molar-refractivity contribution is 6.31. The number of hydrogen-bond acceptors (Lipinski definition) is 3. The van der Waals surface area contributed by atoms with Crippen LogP contribution < -0.4 is 5.69 Å². The van der Waals surface area contributed by atoms with Gasteiger partial charge in [-0.15, -0.1) is 0 Å². The van der Waals surface area contributed by atoms with Crippen molar-refractivity contribution in [2.24, 2.45) is 0 Å². The third-order valence-corrected chi connectivity index (χ3v) is 4.26. The van der Waals surface area contributed by atoms with Gasteiger partial charge >= 0.3 is 5.69 Å². The van der Waals surface area contributed by atoms with Crippen LogP contribution in [-0.4, -0.2) is 14.5 Å². The molecule has 2 aromatic heterocycles. The largest absolute Gasteiger partial charge is 0.352 e. The summed E-state index contributed by atoms with van der Waals surface area (Å²) in [6, 6.07) is 20.7. The Hall–Kier alpha value is -2.98. The Morgan fingerprint density at radius 1 is 0.960 bits per heavy atom. The maximum atomic E-state index is 12.7. The predicted octanol–water partition coefficient (Wildman–Crippen LogP) is 4.02. The van der Waals surface area contributed by atoms with E-state index in [2.05, 4.69) is 9.97 Å². The zero-order valence-corrected chi connectivity index (χ0v) is 14.0. The van der Waals surface area contributed by atoms with E-state index in [0.717, 1.165) is 22.3 Å². The van der Waals surface area contributed by atoms with Crippen LogP contribution in [0.5, 0.6) is 0 Å². The van der Waals surface area contributed by atoms with Gasteiger partial charge in [0, 0.05) is 28.7 Å². The molecule has 0 unspecified atom stereocenters. The summed E-state index contributed by atoms with van der Waals surface area (Å²) >= 11 is 6.19. The first-order chi connectivity index (χ1) is 12.2. The second-order valence-electron chi connectivity index (χ2n) is 5.67. The first-order valence-electron chi connectivity index (χ1n) is 7.89. The van der Waals surface area contributed by atoms with E-state index in [1.54, 1.807) is 16.8 Å². The molecule has 4 nitrogen and oxygen atoms in total. The highest BCUT2D eigenvalue weighted by atomic mass is 35.5. The lowest BCUT2D eigenvalue weighted by molar-refractivity contribution is 0.910. The average molecular weight is 348 g/mol. The molecule has 0 bridgehead atoms. The molecule has 2 heterocycles. The van der Waals surface area contributed by atoms with Gasteiger partial charge in [0.25, 0.3) is 0 Å². The molecule has 0 fully saturated rings. The van der Waals surface area contributed by atoms with E-state index >= 15 is 0 Å². The fourth-order valence-electron chi connectivity index (χ4n) is 2.90. The van der Waals surface area contributed by atoms with Crippen LogP contribution in [0, 0.1) is 0 Å². The number of fused-ring (bicyclic) bond motifs is 1. The van der Waals surface area contributed by atoms with E-state index < -0.39 is 0 Å². The summed E-state index contributed by atoms with van der Waals surface area (Å²) < 4.78 is 1.59. The van der Waals surface area contributed by atoms with Gasteiger partial charge in [-0.2, -0.15) is 4.98 Å². The third-order valence-electron chi connectivity index (χ3n) is 4.02. The number of pyridine rings is 1. The maximum absolute atomic E-state index is 12.7. The van der Waals surface area contributed by atoms with E-state index in [-0.39, 0.29) is 5.69 Å². The second kappa shape index (κ2) is 6.49. The Balaban J connectivity index is 1.97. The van der Waals surface area contributed by atoms with Gasteiger partial charge in [0.1, 0.15) is 0 Å². The SMILES string of the molecule is O=c1nc(Cc2ccccn2)c2ccc(Cl)cc2n1-c1ccccc1. The van der Waals surface area contributed by atoms with Crippen LogP contribution in [0.15, 0.2) is 77.7 Å². The lowest BCUT2D eigenvalue weighted by Crippen LogP contribution is -2.23. The van der Waals surface area contributed by atoms with E-state index in [1.165, 1.54) is 0 Å². The second-order valence-corrected chi connectivity index (χ2v) is 6.11. The fraction of sp³-hybridized carbons (Fsp3) is 0.0500. The number of para-hydroxylation sites is 1. The summed E-state index contributed by atoms with van der Waals surface area (Å²) in [5.74, 6) is 0. The summed E-state index contributed by atoms with van der Waals surface area (Å²) in [4.78, 5) is 21.4. The van der Waals surface area contributed by atoms with E-state index in [0.29, 0.717) is 17.1 Å². The minimum absolute atomic E-state index is 0.327. The number of nitrogens with zero attached hydrogens (tertiary/aromatic N) is 3. The van der Waals surface area contributed by atoms with E-state index in [1.807, 2.05) is 60.7 Å². The standard InChI is InChI=1S/C20H14ClN3O/c21-14-9-10-17-18(13-15-6-4-5-11-22-15)23-20(25)24(19(17)12-14)16-7-2-1-3-8-16/h1-12H,13H2. The highest BCUT2D eigenvalue weighted by Gasteiger charge is 2.13. The van der Waals surface area contributed by atoms with Crippen LogP contribution in [0.4, 0.5) is 0 Å². The quantitative estimate of drug-likeness (QED) is 0.562. The molecule has 5 heteroatoms. The minimum atomic E-state index is -0.327. The van der Waals surface area contributed by atoms with Crippen molar-refractivity contribution in [3.63, 3.8) is 0 Å². The lowest BCUT2D eigenvalue weighted by atomic mass is 10.1. The Morgan fingerprint density at radius 3 is 2.52 bits per heavy atom. The van der Waals surface area contributed by atoms with Crippen molar-refractivity contribution in [2.75, 3.05) is 0 Å². The van der Waals surface area contributed by atoms with E-state index in [9.17, 15) is 4.79 Å². The molecule has 0 saturated heterocycles. The first kappa shape index (κ1) is 15.5. The number of rotatable bonds is 3. The van der Waals surface area contributed by atoms with Gasteiger partial charge in [-0.05, 0) is 42.5 Å². The summed E-state index contributed by atoms with van der Waals surface area (Å²) in [6.45, 7) is 0. The molecule has 0 aliphatic carbocycles. The number of halogens is 1. The molecule has 0 aliphatic heterocycles. The van der Waals surface area contributed by atoms with Gasteiger partial charge in [-0.1, -0.05) is 35.9 Å². The molecule has 0 aliphatic rings. The lowest BCUT2D eigenvalue weighted by Gasteiger charge is -2.13. The van der Waals surface area contributed by atoms with Crippen LogP contribution in [-0.2, 0) is 6.42 Å². The molecule has 25 heavy (non-hydrogen) atoms. The van der Waals surface area contributed by atoms with Crippen LogP contribution in [0.1, 0.15) is 11.4 Å². The Morgan fingerprint density at radius 2 is 1.76 bits per heavy atom. The topological polar surface area (TPSA) is 47.8 Å². The number of benzene rings is 2. The van der Waals surface area contributed by atoms with Crippen molar-refractivity contribution >= 4 is 22.5 Å². The zero-order valence-electron chi connectivity index (χ0n) is 13.3.